The highest BCUT2D eigenvalue weighted by Gasteiger charge is 2.17. The van der Waals surface area contributed by atoms with Crippen LogP contribution in [0.25, 0.3) is 22.6 Å². The Balaban J connectivity index is 2.17. The fourth-order valence-corrected chi connectivity index (χ4v) is 2.79. The number of ether oxygens (including phenoxy) is 1. The lowest BCUT2D eigenvalue weighted by molar-refractivity contribution is 0.415. The Morgan fingerprint density at radius 2 is 1.76 bits per heavy atom. The Morgan fingerprint density at radius 3 is 2.40 bits per heavy atom. The molecule has 0 unspecified atom stereocenters. The minimum atomic E-state index is 0.256. The van der Waals surface area contributed by atoms with Crippen molar-refractivity contribution in [3.8, 4) is 28.4 Å². The smallest absolute Gasteiger partial charge is 0.221 e. The minimum absolute atomic E-state index is 0.256. The fraction of sp³-hybridized carbons (Fsp3) is 0.250. The van der Waals surface area contributed by atoms with Gasteiger partial charge in [-0.2, -0.15) is 0 Å². The minimum Gasteiger partial charge on any atom is -0.497 e. The second-order valence-electron chi connectivity index (χ2n) is 5.80. The molecule has 3 aromatic rings. The van der Waals surface area contributed by atoms with Crippen LogP contribution in [0, 0.1) is 0 Å². The molecule has 25 heavy (non-hydrogen) atoms. The van der Waals surface area contributed by atoms with Gasteiger partial charge in [-0.15, -0.1) is 0 Å². The molecule has 5 heteroatoms. The van der Waals surface area contributed by atoms with Gasteiger partial charge >= 0.3 is 0 Å². The van der Waals surface area contributed by atoms with Crippen molar-refractivity contribution >= 4 is 5.95 Å². The highest BCUT2D eigenvalue weighted by molar-refractivity contribution is 5.73. The van der Waals surface area contributed by atoms with Crippen LogP contribution < -0.4 is 10.5 Å². The number of hydrogen-bond donors (Lipinski definition) is 1. The Bertz CT molecular complexity index is 832. The van der Waals surface area contributed by atoms with E-state index in [1.54, 1.807) is 13.3 Å². The quantitative estimate of drug-likeness (QED) is 0.733. The number of benzene rings is 1. The van der Waals surface area contributed by atoms with Gasteiger partial charge in [-0.3, -0.25) is 4.98 Å². The van der Waals surface area contributed by atoms with Crippen LogP contribution in [0.5, 0.6) is 5.75 Å². The largest absolute Gasteiger partial charge is 0.497 e. The molecule has 0 radical (unpaired) electrons. The maximum Gasteiger partial charge on any atom is 0.221 e. The fourth-order valence-electron chi connectivity index (χ4n) is 2.79. The van der Waals surface area contributed by atoms with Crippen LogP contribution in [0.3, 0.4) is 0 Å². The van der Waals surface area contributed by atoms with Gasteiger partial charge in [0.2, 0.25) is 5.95 Å². The third-order valence-corrected chi connectivity index (χ3v) is 4.08. The van der Waals surface area contributed by atoms with Crippen LogP contribution in [0.2, 0.25) is 0 Å². The van der Waals surface area contributed by atoms with E-state index in [1.165, 1.54) is 0 Å². The number of nitrogens with zero attached hydrogens (tertiary/aromatic N) is 3. The first-order valence-corrected chi connectivity index (χ1v) is 8.45. The van der Waals surface area contributed by atoms with Crippen molar-refractivity contribution in [1.82, 2.24) is 15.0 Å². The maximum atomic E-state index is 6.01. The van der Waals surface area contributed by atoms with E-state index >= 15 is 0 Å². The topological polar surface area (TPSA) is 73.9 Å². The summed E-state index contributed by atoms with van der Waals surface area (Å²) < 4.78 is 5.25. The van der Waals surface area contributed by atoms with E-state index in [1.807, 2.05) is 42.5 Å². The number of rotatable bonds is 6. The van der Waals surface area contributed by atoms with Crippen molar-refractivity contribution in [2.45, 2.75) is 26.2 Å². The Hall–Kier alpha value is -2.95. The molecule has 128 valence electrons. The van der Waals surface area contributed by atoms with Crippen LogP contribution in [0.4, 0.5) is 5.95 Å². The molecule has 0 saturated heterocycles. The number of aromatic nitrogens is 3. The Labute approximate surface area is 147 Å². The summed E-state index contributed by atoms with van der Waals surface area (Å²) in [6.07, 6.45) is 4.79. The summed E-state index contributed by atoms with van der Waals surface area (Å²) in [6, 6.07) is 13.7. The van der Waals surface area contributed by atoms with Gasteiger partial charge in [0.1, 0.15) is 5.75 Å². The predicted molar refractivity (Wildman–Crippen MR) is 100 cm³/mol. The number of methoxy groups -OCH3 is 1. The zero-order valence-electron chi connectivity index (χ0n) is 14.6. The monoisotopic (exact) mass is 334 g/mol. The van der Waals surface area contributed by atoms with Crippen LogP contribution in [0.1, 0.15) is 25.3 Å². The van der Waals surface area contributed by atoms with E-state index in [9.17, 15) is 0 Å². The molecule has 2 heterocycles. The Morgan fingerprint density at radius 1 is 1.00 bits per heavy atom. The molecule has 5 nitrogen and oxygen atoms in total. The lowest BCUT2D eigenvalue weighted by Crippen LogP contribution is -2.06. The summed E-state index contributed by atoms with van der Waals surface area (Å²) in [5.74, 6) is 1.07. The molecule has 0 atom stereocenters. The summed E-state index contributed by atoms with van der Waals surface area (Å²) in [5.41, 5.74) is 10.6. The van der Waals surface area contributed by atoms with Crippen molar-refractivity contribution < 1.29 is 4.74 Å². The summed E-state index contributed by atoms with van der Waals surface area (Å²) in [5, 5.41) is 0. The molecule has 0 bridgehead atoms. The molecule has 2 aromatic heterocycles. The SMILES string of the molecule is CCCCc1c(-c2ccc(OC)cc2)nc(N)nc1-c1ccccn1. The molecule has 0 spiro atoms. The first-order valence-electron chi connectivity index (χ1n) is 8.45. The van der Waals surface area contributed by atoms with E-state index in [4.69, 9.17) is 10.5 Å². The van der Waals surface area contributed by atoms with E-state index in [2.05, 4.69) is 21.9 Å². The number of pyridine rings is 1. The third kappa shape index (κ3) is 3.76. The molecule has 1 aromatic carbocycles. The molecule has 3 rings (SSSR count). The van der Waals surface area contributed by atoms with Gasteiger partial charge in [0.05, 0.1) is 24.2 Å². The number of unbranched alkanes of at least 4 members (excludes halogenated alkanes) is 1. The van der Waals surface area contributed by atoms with Crippen LogP contribution in [-0.2, 0) is 6.42 Å². The molecule has 0 saturated carbocycles. The molecule has 0 amide bonds. The van der Waals surface area contributed by atoms with Crippen molar-refractivity contribution in [1.29, 1.82) is 0 Å². The number of hydrogen-bond acceptors (Lipinski definition) is 5. The standard InChI is InChI=1S/C20H22N4O/c1-3-4-7-16-18(14-9-11-15(25-2)12-10-14)23-20(21)24-19(16)17-8-5-6-13-22-17/h5-6,8-13H,3-4,7H2,1-2H3,(H2,21,23,24). The lowest BCUT2D eigenvalue weighted by atomic mass is 9.98. The van der Waals surface area contributed by atoms with Crippen LogP contribution >= 0.6 is 0 Å². The average molecular weight is 334 g/mol. The van der Waals surface area contributed by atoms with Gasteiger partial charge in [0.25, 0.3) is 0 Å². The van der Waals surface area contributed by atoms with Gasteiger partial charge in [0, 0.05) is 17.3 Å². The molecule has 2 N–H and O–H groups in total. The van der Waals surface area contributed by atoms with E-state index in [0.717, 1.165) is 53.2 Å². The molecule has 0 aliphatic rings. The second kappa shape index (κ2) is 7.75. The van der Waals surface area contributed by atoms with Gasteiger partial charge in [-0.05, 0) is 49.2 Å². The van der Waals surface area contributed by atoms with Crippen molar-refractivity contribution in [3.63, 3.8) is 0 Å². The van der Waals surface area contributed by atoms with Crippen molar-refractivity contribution in [2.75, 3.05) is 12.8 Å². The number of anilines is 1. The predicted octanol–water partition coefficient (Wildman–Crippen LogP) is 4.14. The van der Waals surface area contributed by atoms with Crippen LogP contribution in [-0.4, -0.2) is 22.1 Å². The highest BCUT2D eigenvalue weighted by Crippen LogP contribution is 2.31. The van der Waals surface area contributed by atoms with E-state index < -0.39 is 0 Å². The van der Waals surface area contributed by atoms with E-state index in [0.29, 0.717) is 0 Å². The van der Waals surface area contributed by atoms with Gasteiger partial charge in [-0.1, -0.05) is 19.4 Å². The number of nitrogens with two attached hydrogens (primary N) is 1. The van der Waals surface area contributed by atoms with Gasteiger partial charge in [-0.25, -0.2) is 9.97 Å². The third-order valence-electron chi connectivity index (χ3n) is 4.08. The first-order chi connectivity index (χ1) is 12.2. The second-order valence-corrected chi connectivity index (χ2v) is 5.80. The zero-order chi connectivity index (χ0) is 17.6. The molecule has 0 aliphatic carbocycles. The molecular weight excluding hydrogens is 312 g/mol. The summed E-state index contributed by atoms with van der Waals surface area (Å²) in [6.45, 7) is 2.17. The maximum absolute atomic E-state index is 6.01. The highest BCUT2D eigenvalue weighted by atomic mass is 16.5. The van der Waals surface area contributed by atoms with E-state index in [-0.39, 0.29) is 5.95 Å². The molecular formula is C20H22N4O. The first kappa shape index (κ1) is 16.9. The lowest BCUT2D eigenvalue weighted by Gasteiger charge is -2.14. The zero-order valence-corrected chi connectivity index (χ0v) is 14.6. The normalized spacial score (nSPS) is 10.6. The van der Waals surface area contributed by atoms with Crippen molar-refractivity contribution in [2.24, 2.45) is 0 Å². The molecule has 0 aliphatic heterocycles. The summed E-state index contributed by atoms with van der Waals surface area (Å²) in [4.78, 5) is 13.5. The van der Waals surface area contributed by atoms with Gasteiger partial charge < -0.3 is 10.5 Å². The number of nitrogen functional groups attached to an aromatic ring is 1. The summed E-state index contributed by atoms with van der Waals surface area (Å²) >= 11 is 0. The van der Waals surface area contributed by atoms with Gasteiger partial charge in [0.15, 0.2) is 0 Å². The van der Waals surface area contributed by atoms with Crippen LogP contribution in [0.15, 0.2) is 48.7 Å². The average Bonchev–Trinajstić information content (AvgIpc) is 2.67. The Kier molecular flexibility index (Phi) is 5.23. The van der Waals surface area contributed by atoms with Crippen molar-refractivity contribution in [3.05, 3.63) is 54.2 Å². The summed E-state index contributed by atoms with van der Waals surface area (Å²) in [7, 11) is 1.66. The molecule has 0 fully saturated rings.